The molecule has 0 saturated heterocycles. The van der Waals surface area contributed by atoms with E-state index in [1.165, 1.54) is 4.31 Å². The van der Waals surface area contributed by atoms with Crippen LogP contribution in [0.3, 0.4) is 0 Å². The summed E-state index contributed by atoms with van der Waals surface area (Å²) in [6.07, 6.45) is 4.31. The lowest BCUT2D eigenvalue weighted by Crippen LogP contribution is -2.44. The molecule has 4 nitrogen and oxygen atoms in total. The van der Waals surface area contributed by atoms with Crippen LogP contribution in [-0.2, 0) is 10.2 Å². The highest BCUT2D eigenvalue weighted by Gasteiger charge is 2.26. The third-order valence-corrected chi connectivity index (χ3v) is 5.74. The van der Waals surface area contributed by atoms with Crippen LogP contribution in [0.2, 0.25) is 0 Å². The molecular weight excluding hydrogens is 260 g/mol. The summed E-state index contributed by atoms with van der Waals surface area (Å²) in [7, 11) is -1.77. The lowest BCUT2D eigenvalue weighted by Gasteiger charge is -2.28. The van der Waals surface area contributed by atoms with Crippen molar-refractivity contribution in [3.8, 4) is 0 Å². The first-order valence-corrected chi connectivity index (χ1v) is 8.09. The summed E-state index contributed by atoms with van der Waals surface area (Å²) in [5, 5.41) is 0.107. The van der Waals surface area contributed by atoms with Gasteiger partial charge in [-0.1, -0.05) is 12.8 Å². The Balaban J connectivity index is 2.49. The van der Waals surface area contributed by atoms with Gasteiger partial charge in [-0.15, -0.1) is 11.6 Å². The van der Waals surface area contributed by atoms with E-state index in [2.05, 4.69) is 4.72 Å². The van der Waals surface area contributed by atoms with E-state index in [4.69, 9.17) is 11.6 Å². The van der Waals surface area contributed by atoms with Crippen molar-refractivity contribution in [2.75, 3.05) is 13.6 Å². The summed E-state index contributed by atoms with van der Waals surface area (Å²) in [4.78, 5) is 0. The van der Waals surface area contributed by atoms with Crippen LogP contribution in [0.5, 0.6) is 0 Å². The number of halogens is 1. The quantitative estimate of drug-likeness (QED) is 0.784. The summed E-state index contributed by atoms with van der Waals surface area (Å²) in [5.41, 5.74) is 0. The third kappa shape index (κ3) is 4.39. The van der Waals surface area contributed by atoms with Crippen LogP contribution in [0.1, 0.15) is 39.5 Å². The molecule has 0 aromatic carbocycles. The molecule has 2 unspecified atom stereocenters. The standard InChI is InChI=1S/C11H23ClN2O2S/c1-9(2)14(3)17(15,16)13-8-10-6-4-5-7-11(10)12/h9-11,13H,4-8H2,1-3H3. The molecule has 0 aromatic heterocycles. The normalized spacial score (nSPS) is 26.7. The highest BCUT2D eigenvalue weighted by molar-refractivity contribution is 7.87. The zero-order valence-corrected chi connectivity index (χ0v) is 12.4. The van der Waals surface area contributed by atoms with Gasteiger partial charge in [0.1, 0.15) is 0 Å². The second kappa shape index (κ2) is 6.36. The van der Waals surface area contributed by atoms with E-state index in [0.29, 0.717) is 6.54 Å². The molecule has 1 N–H and O–H groups in total. The third-order valence-electron chi connectivity index (χ3n) is 3.45. The molecule has 0 heterocycles. The number of alkyl halides is 1. The summed E-state index contributed by atoms with van der Waals surface area (Å²) in [6, 6.07) is -0.0364. The fourth-order valence-corrected chi connectivity index (χ4v) is 3.54. The second-order valence-electron chi connectivity index (χ2n) is 5.02. The van der Waals surface area contributed by atoms with Crippen molar-refractivity contribution in [2.45, 2.75) is 50.9 Å². The first-order valence-electron chi connectivity index (χ1n) is 6.21. The molecule has 0 spiro atoms. The summed E-state index contributed by atoms with van der Waals surface area (Å²) >= 11 is 6.21. The zero-order chi connectivity index (χ0) is 13.1. The Kier molecular flexibility index (Phi) is 5.70. The van der Waals surface area contributed by atoms with Crippen LogP contribution in [0, 0.1) is 5.92 Å². The Morgan fingerprint density at radius 1 is 1.35 bits per heavy atom. The topological polar surface area (TPSA) is 49.4 Å². The van der Waals surface area contributed by atoms with Crippen LogP contribution < -0.4 is 4.72 Å². The largest absolute Gasteiger partial charge is 0.279 e. The molecule has 0 aliphatic heterocycles. The van der Waals surface area contributed by atoms with E-state index in [1.54, 1.807) is 7.05 Å². The SMILES string of the molecule is CC(C)N(C)S(=O)(=O)NCC1CCCCC1Cl. The van der Waals surface area contributed by atoms with Gasteiger partial charge in [0.15, 0.2) is 0 Å². The van der Waals surface area contributed by atoms with Gasteiger partial charge in [0, 0.05) is 25.0 Å². The average Bonchev–Trinajstić information content (AvgIpc) is 2.27. The van der Waals surface area contributed by atoms with E-state index in [9.17, 15) is 8.42 Å². The Labute approximate surface area is 110 Å². The Morgan fingerprint density at radius 2 is 1.94 bits per heavy atom. The summed E-state index contributed by atoms with van der Waals surface area (Å²) in [5.74, 6) is 0.265. The van der Waals surface area contributed by atoms with E-state index in [0.717, 1.165) is 25.7 Å². The second-order valence-corrected chi connectivity index (χ2v) is 7.40. The monoisotopic (exact) mass is 282 g/mol. The van der Waals surface area contributed by atoms with Crippen molar-refractivity contribution < 1.29 is 8.42 Å². The highest BCUT2D eigenvalue weighted by atomic mass is 35.5. The van der Waals surface area contributed by atoms with Crippen molar-refractivity contribution in [1.82, 2.24) is 9.03 Å². The molecule has 102 valence electrons. The molecule has 1 rings (SSSR count). The molecule has 0 amide bonds. The summed E-state index contributed by atoms with van der Waals surface area (Å²) < 4.78 is 27.8. The van der Waals surface area contributed by atoms with Gasteiger partial charge in [0.05, 0.1) is 0 Å². The minimum atomic E-state index is -3.36. The Hall–Kier alpha value is 0.160. The molecule has 0 radical (unpaired) electrons. The van der Waals surface area contributed by atoms with E-state index >= 15 is 0 Å². The van der Waals surface area contributed by atoms with Crippen LogP contribution >= 0.6 is 11.6 Å². The lowest BCUT2D eigenvalue weighted by molar-refractivity contribution is 0.353. The molecule has 6 heteroatoms. The Morgan fingerprint density at radius 3 is 2.47 bits per heavy atom. The van der Waals surface area contributed by atoms with Gasteiger partial charge in [-0.05, 0) is 32.6 Å². The predicted octanol–water partition coefficient (Wildman–Crippen LogP) is 1.96. The molecule has 1 saturated carbocycles. The van der Waals surface area contributed by atoms with Crippen LogP contribution in [0.15, 0.2) is 0 Å². The van der Waals surface area contributed by atoms with Gasteiger partial charge >= 0.3 is 0 Å². The van der Waals surface area contributed by atoms with E-state index in [1.807, 2.05) is 13.8 Å². The molecular formula is C11H23ClN2O2S. The van der Waals surface area contributed by atoms with Crippen molar-refractivity contribution in [2.24, 2.45) is 5.92 Å². The number of hydrogen-bond donors (Lipinski definition) is 1. The predicted molar refractivity (Wildman–Crippen MR) is 71.4 cm³/mol. The van der Waals surface area contributed by atoms with Gasteiger partial charge in [-0.25, -0.2) is 4.72 Å². The minimum absolute atomic E-state index is 0.0364. The maximum atomic E-state index is 11.9. The minimum Gasteiger partial charge on any atom is -0.202 e. The summed E-state index contributed by atoms with van der Waals surface area (Å²) in [6.45, 7) is 4.15. The fraction of sp³-hybridized carbons (Fsp3) is 1.00. The lowest BCUT2D eigenvalue weighted by atomic mass is 9.89. The molecule has 1 aliphatic carbocycles. The molecule has 1 fully saturated rings. The van der Waals surface area contributed by atoms with Gasteiger partial charge in [0.2, 0.25) is 0 Å². The molecule has 1 aliphatic rings. The Bertz CT molecular complexity index is 332. The average molecular weight is 283 g/mol. The fourth-order valence-electron chi connectivity index (χ4n) is 1.98. The molecule has 0 bridgehead atoms. The van der Waals surface area contributed by atoms with Gasteiger partial charge in [-0.2, -0.15) is 12.7 Å². The van der Waals surface area contributed by atoms with Crippen LogP contribution in [-0.4, -0.2) is 37.7 Å². The van der Waals surface area contributed by atoms with Gasteiger partial charge in [-0.3, -0.25) is 0 Å². The van der Waals surface area contributed by atoms with Crippen LogP contribution in [0.25, 0.3) is 0 Å². The first-order chi connectivity index (χ1) is 7.84. The number of nitrogens with one attached hydrogen (secondary N) is 1. The van der Waals surface area contributed by atoms with Gasteiger partial charge < -0.3 is 0 Å². The van der Waals surface area contributed by atoms with Crippen molar-refractivity contribution in [1.29, 1.82) is 0 Å². The van der Waals surface area contributed by atoms with Crippen molar-refractivity contribution >= 4 is 21.8 Å². The number of hydrogen-bond acceptors (Lipinski definition) is 2. The first kappa shape index (κ1) is 15.2. The maximum Gasteiger partial charge on any atom is 0.279 e. The molecule has 2 atom stereocenters. The smallest absolute Gasteiger partial charge is 0.202 e. The number of rotatable bonds is 5. The van der Waals surface area contributed by atoms with E-state index < -0.39 is 10.2 Å². The highest BCUT2D eigenvalue weighted by Crippen LogP contribution is 2.28. The zero-order valence-electron chi connectivity index (χ0n) is 10.8. The van der Waals surface area contributed by atoms with E-state index in [-0.39, 0.29) is 17.3 Å². The van der Waals surface area contributed by atoms with Gasteiger partial charge in [0.25, 0.3) is 10.2 Å². The maximum absolute atomic E-state index is 11.9. The van der Waals surface area contributed by atoms with Crippen molar-refractivity contribution in [3.05, 3.63) is 0 Å². The molecule has 17 heavy (non-hydrogen) atoms. The molecule has 0 aromatic rings. The van der Waals surface area contributed by atoms with Crippen LogP contribution in [0.4, 0.5) is 0 Å². The van der Waals surface area contributed by atoms with Crippen molar-refractivity contribution in [3.63, 3.8) is 0 Å². The number of nitrogens with zero attached hydrogens (tertiary/aromatic N) is 1.